The van der Waals surface area contributed by atoms with Crippen molar-refractivity contribution in [3.63, 3.8) is 0 Å². The van der Waals surface area contributed by atoms with E-state index >= 15 is 0 Å². The van der Waals surface area contributed by atoms with Crippen LogP contribution in [-0.2, 0) is 11.2 Å². The van der Waals surface area contributed by atoms with Gasteiger partial charge in [-0.3, -0.25) is 9.59 Å². The minimum atomic E-state index is -0.812. The predicted molar refractivity (Wildman–Crippen MR) is 137 cm³/mol. The number of methoxy groups -OCH3 is 1. The number of ether oxygens (including phenoxy) is 1. The van der Waals surface area contributed by atoms with Gasteiger partial charge in [0.15, 0.2) is 0 Å². The van der Waals surface area contributed by atoms with Crippen molar-refractivity contribution in [1.29, 1.82) is 0 Å². The molecule has 1 atom stereocenters. The van der Waals surface area contributed by atoms with Gasteiger partial charge in [-0.2, -0.15) is 0 Å². The highest BCUT2D eigenvalue weighted by molar-refractivity contribution is 6.35. The van der Waals surface area contributed by atoms with E-state index in [-0.39, 0.29) is 18.2 Å². The molecule has 0 heterocycles. The van der Waals surface area contributed by atoms with E-state index in [0.717, 1.165) is 17.0 Å². The third-order valence-electron chi connectivity index (χ3n) is 5.18. The number of nitrogens with one attached hydrogen (secondary N) is 3. The second kappa shape index (κ2) is 12.3. The number of anilines is 1. The Bertz CT molecular complexity index is 1140. The molecule has 0 aliphatic heterocycles. The molecular weight excluding hydrogens is 473 g/mol. The summed E-state index contributed by atoms with van der Waals surface area (Å²) >= 11 is 12.3. The minimum absolute atomic E-state index is 0.227. The SMILES string of the molecule is COc1ccc(NCCNC(=O)[C@H](Cc2ccc(Cl)cc2Cl)NC(=O)c2cccc(C)c2)cc1. The lowest BCUT2D eigenvalue weighted by atomic mass is 10.0. The maximum absolute atomic E-state index is 13.0. The van der Waals surface area contributed by atoms with Crippen LogP contribution >= 0.6 is 23.2 Å². The fraction of sp³-hybridized carbons (Fsp3) is 0.231. The highest BCUT2D eigenvalue weighted by atomic mass is 35.5. The summed E-state index contributed by atoms with van der Waals surface area (Å²) in [5.41, 5.74) is 3.07. The number of rotatable bonds is 10. The van der Waals surface area contributed by atoms with Gasteiger partial charge in [0.25, 0.3) is 5.91 Å². The number of hydrogen-bond acceptors (Lipinski definition) is 4. The molecule has 0 bridgehead atoms. The molecule has 0 unspecified atom stereocenters. The van der Waals surface area contributed by atoms with Gasteiger partial charge in [-0.05, 0) is 61.0 Å². The molecule has 0 aliphatic rings. The van der Waals surface area contributed by atoms with Crippen molar-refractivity contribution >= 4 is 40.7 Å². The summed E-state index contributed by atoms with van der Waals surface area (Å²) < 4.78 is 5.15. The number of carbonyl (C=O) groups excluding carboxylic acids is 2. The van der Waals surface area contributed by atoms with Crippen molar-refractivity contribution in [2.45, 2.75) is 19.4 Å². The molecule has 3 rings (SSSR count). The first-order valence-corrected chi connectivity index (χ1v) is 11.6. The predicted octanol–water partition coefficient (Wildman–Crippen LogP) is 4.88. The highest BCUT2D eigenvalue weighted by Crippen LogP contribution is 2.22. The van der Waals surface area contributed by atoms with Crippen molar-refractivity contribution in [2.24, 2.45) is 0 Å². The van der Waals surface area contributed by atoms with E-state index in [9.17, 15) is 9.59 Å². The van der Waals surface area contributed by atoms with Gasteiger partial charge < -0.3 is 20.7 Å². The molecule has 0 aromatic heterocycles. The third-order valence-corrected chi connectivity index (χ3v) is 5.77. The van der Waals surface area contributed by atoms with Gasteiger partial charge in [0.2, 0.25) is 5.91 Å². The summed E-state index contributed by atoms with van der Waals surface area (Å²) in [6.45, 7) is 2.79. The summed E-state index contributed by atoms with van der Waals surface area (Å²) in [6, 6.07) is 19.0. The highest BCUT2D eigenvalue weighted by Gasteiger charge is 2.23. The molecule has 0 fully saturated rings. The van der Waals surface area contributed by atoms with Gasteiger partial charge in [0, 0.05) is 40.8 Å². The first kappa shape index (κ1) is 25.4. The van der Waals surface area contributed by atoms with Crippen LogP contribution in [0.1, 0.15) is 21.5 Å². The first-order valence-electron chi connectivity index (χ1n) is 10.8. The van der Waals surface area contributed by atoms with E-state index in [1.165, 1.54) is 0 Å². The fourth-order valence-electron chi connectivity index (χ4n) is 3.37. The number of amides is 2. The Morgan fingerprint density at radius 2 is 1.74 bits per heavy atom. The van der Waals surface area contributed by atoms with Crippen molar-refractivity contribution < 1.29 is 14.3 Å². The first-order chi connectivity index (χ1) is 16.4. The molecule has 8 heteroatoms. The summed E-state index contributed by atoms with van der Waals surface area (Å²) in [4.78, 5) is 25.9. The number of halogens is 2. The second-order valence-corrected chi connectivity index (χ2v) is 8.63. The van der Waals surface area contributed by atoms with E-state index in [1.807, 2.05) is 37.3 Å². The largest absolute Gasteiger partial charge is 0.497 e. The maximum atomic E-state index is 13.0. The lowest BCUT2D eigenvalue weighted by Gasteiger charge is -2.20. The molecule has 6 nitrogen and oxygen atoms in total. The molecular formula is C26H27Cl2N3O3. The van der Waals surface area contributed by atoms with Crippen LogP contribution in [0.15, 0.2) is 66.7 Å². The van der Waals surface area contributed by atoms with Crippen LogP contribution in [0.2, 0.25) is 10.0 Å². The van der Waals surface area contributed by atoms with Crippen LogP contribution < -0.4 is 20.7 Å². The number of hydrogen-bond donors (Lipinski definition) is 3. The molecule has 0 radical (unpaired) electrons. The summed E-state index contributed by atoms with van der Waals surface area (Å²) in [5, 5.41) is 9.91. The zero-order chi connectivity index (χ0) is 24.5. The van der Waals surface area contributed by atoms with Gasteiger partial charge in [-0.25, -0.2) is 0 Å². The van der Waals surface area contributed by atoms with Crippen LogP contribution in [0.5, 0.6) is 5.75 Å². The summed E-state index contributed by atoms with van der Waals surface area (Å²) in [6.07, 6.45) is 0.227. The van der Waals surface area contributed by atoms with Crippen LogP contribution in [0, 0.1) is 6.92 Å². The Morgan fingerprint density at radius 1 is 0.971 bits per heavy atom. The monoisotopic (exact) mass is 499 g/mol. The van der Waals surface area contributed by atoms with Crippen molar-refractivity contribution in [3.05, 3.63) is 93.5 Å². The van der Waals surface area contributed by atoms with Gasteiger partial charge in [0.1, 0.15) is 11.8 Å². The zero-order valence-electron chi connectivity index (χ0n) is 19.0. The minimum Gasteiger partial charge on any atom is -0.497 e. The standard InChI is InChI=1S/C26H27Cl2N3O3/c1-17-4-3-5-19(14-17)25(32)31-24(15-18-6-7-20(27)16-23(18)28)26(33)30-13-12-29-21-8-10-22(34-2)11-9-21/h3-11,14,16,24,29H,12-13,15H2,1-2H3,(H,30,33)(H,31,32)/t24-/m0/s1. The quantitative estimate of drug-likeness (QED) is 0.347. The van der Waals surface area contributed by atoms with Crippen LogP contribution in [-0.4, -0.2) is 38.1 Å². The molecule has 3 aromatic carbocycles. The summed E-state index contributed by atoms with van der Waals surface area (Å²) in [5.74, 6) is 0.140. The molecule has 34 heavy (non-hydrogen) atoms. The Morgan fingerprint density at radius 3 is 2.41 bits per heavy atom. The number of aryl methyl sites for hydroxylation is 1. The third kappa shape index (κ3) is 7.40. The second-order valence-electron chi connectivity index (χ2n) is 7.78. The van der Waals surface area contributed by atoms with E-state index < -0.39 is 6.04 Å². The smallest absolute Gasteiger partial charge is 0.251 e. The Kier molecular flexibility index (Phi) is 9.19. The molecule has 0 saturated heterocycles. The van der Waals surface area contributed by atoms with Crippen molar-refractivity contribution in [3.8, 4) is 5.75 Å². The molecule has 0 spiro atoms. The topological polar surface area (TPSA) is 79.5 Å². The van der Waals surface area contributed by atoms with E-state index in [2.05, 4.69) is 16.0 Å². The fourth-order valence-corrected chi connectivity index (χ4v) is 3.85. The molecule has 3 N–H and O–H groups in total. The average Bonchev–Trinajstić information content (AvgIpc) is 2.83. The van der Waals surface area contributed by atoms with E-state index in [1.54, 1.807) is 43.5 Å². The Hall–Kier alpha value is -3.22. The lowest BCUT2D eigenvalue weighted by molar-refractivity contribution is -0.122. The zero-order valence-corrected chi connectivity index (χ0v) is 20.5. The molecule has 0 aliphatic carbocycles. The van der Waals surface area contributed by atoms with E-state index in [4.69, 9.17) is 27.9 Å². The molecule has 178 valence electrons. The Balaban J connectivity index is 1.64. The van der Waals surface area contributed by atoms with Crippen LogP contribution in [0.25, 0.3) is 0 Å². The van der Waals surface area contributed by atoms with Crippen LogP contribution in [0.4, 0.5) is 5.69 Å². The van der Waals surface area contributed by atoms with Crippen LogP contribution in [0.3, 0.4) is 0 Å². The van der Waals surface area contributed by atoms with Gasteiger partial charge >= 0.3 is 0 Å². The van der Waals surface area contributed by atoms with E-state index in [0.29, 0.717) is 34.3 Å². The molecule has 3 aromatic rings. The Labute approximate surface area is 209 Å². The average molecular weight is 500 g/mol. The van der Waals surface area contributed by atoms with Gasteiger partial charge in [0.05, 0.1) is 7.11 Å². The molecule has 0 saturated carbocycles. The van der Waals surface area contributed by atoms with Gasteiger partial charge in [-0.15, -0.1) is 0 Å². The van der Waals surface area contributed by atoms with Crippen molar-refractivity contribution in [1.82, 2.24) is 10.6 Å². The molecule has 2 amide bonds. The maximum Gasteiger partial charge on any atom is 0.251 e. The van der Waals surface area contributed by atoms with Crippen molar-refractivity contribution in [2.75, 3.05) is 25.5 Å². The number of benzene rings is 3. The normalized spacial score (nSPS) is 11.4. The lowest BCUT2D eigenvalue weighted by Crippen LogP contribution is -2.48. The summed E-state index contributed by atoms with van der Waals surface area (Å²) in [7, 11) is 1.61. The van der Waals surface area contributed by atoms with Gasteiger partial charge in [-0.1, -0.05) is 47.0 Å². The number of carbonyl (C=O) groups is 2.